The van der Waals surface area contributed by atoms with Gasteiger partial charge in [0.15, 0.2) is 0 Å². The van der Waals surface area contributed by atoms with Gasteiger partial charge in [0, 0.05) is 5.56 Å². The van der Waals surface area contributed by atoms with E-state index in [1.807, 2.05) is 27.7 Å². The maximum absolute atomic E-state index is 10.7. The summed E-state index contributed by atoms with van der Waals surface area (Å²) in [6.45, 7) is 8.15. The van der Waals surface area contributed by atoms with E-state index in [2.05, 4.69) is 11.1 Å². The van der Waals surface area contributed by atoms with E-state index < -0.39 is 5.97 Å². The van der Waals surface area contributed by atoms with Crippen molar-refractivity contribution in [2.45, 2.75) is 34.1 Å². The summed E-state index contributed by atoms with van der Waals surface area (Å²) in [6.07, 6.45) is 1.30. The van der Waals surface area contributed by atoms with Gasteiger partial charge in [-0.05, 0) is 49.9 Å². The fraction of sp³-hybridized carbons (Fsp3) is 0.333. The Morgan fingerprint density at radius 1 is 1.21 bits per heavy atom. The average Bonchev–Trinajstić information content (AvgIpc) is 2.74. The molecule has 2 rings (SSSR count). The Morgan fingerprint density at radius 2 is 1.79 bits per heavy atom. The zero-order valence-corrected chi connectivity index (χ0v) is 11.6. The molecule has 4 heteroatoms. The molecule has 4 nitrogen and oxygen atoms in total. The van der Waals surface area contributed by atoms with Crippen molar-refractivity contribution in [1.29, 1.82) is 0 Å². The second-order valence-electron chi connectivity index (χ2n) is 4.85. The quantitative estimate of drug-likeness (QED) is 0.919. The van der Waals surface area contributed by atoms with Crippen molar-refractivity contribution in [2.24, 2.45) is 0 Å². The summed E-state index contributed by atoms with van der Waals surface area (Å²) >= 11 is 0. The lowest BCUT2D eigenvalue weighted by Crippen LogP contribution is -2.00. The highest BCUT2D eigenvalue weighted by atomic mass is 16.4. The predicted octanol–water partition coefficient (Wildman–Crippen LogP) is 3.20. The Labute approximate surface area is 112 Å². The van der Waals surface area contributed by atoms with E-state index >= 15 is 0 Å². The van der Waals surface area contributed by atoms with E-state index in [1.54, 1.807) is 0 Å². The van der Waals surface area contributed by atoms with E-state index in [-0.39, 0.29) is 6.42 Å². The fourth-order valence-corrected chi connectivity index (χ4v) is 2.20. The molecule has 1 aromatic heterocycles. The molecule has 0 saturated carbocycles. The van der Waals surface area contributed by atoms with Gasteiger partial charge in [0.05, 0.1) is 12.1 Å². The largest absolute Gasteiger partial charge is 0.481 e. The third-order valence-electron chi connectivity index (χ3n) is 3.46. The summed E-state index contributed by atoms with van der Waals surface area (Å²) in [4.78, 5) is 15.0. The van der Waals surface area contributed by atoms with Crippen LogP contribution in [0.1, 0.15) is 27.9 Å². The molecule has 0 atom stereocenters. The number of aliphatic carboxylic acids is 1. The molecule has 0 unspecified atom stereocenters. The van der Waals surface area contributed by atoms with Gasteiger partial charge in [-0.1, -0.05) is 6.07 Å². The van der Waals surface area contributed by atoms with Crippen LogP contribution < -0.4 is 0 Å². The summed E-state index contributed by atoms with van der Waals surface area (Å²) in [5, 5.41) is 8.76. The van der Waals surface area contributed by atoms with Crippen LogP contribution in [-0.2, 0) is 11.2 Å². The predicted molar refractivity (Wildman–Crippen MR) is 72.2 cm³/mol. The number of rotatable bonds is 3. The Kier molecular flexibility index (Phi) is 3.42. The number of oxazole rings is 1. The molecular weight excluding hydrogens is 242 g/mol. The zero-order valence-electron chi connectivity index (χ0n) is 11.6. The second-order valence-corrected chi connectivity index (χ2v) is 4.85. The van der Waals surface area contributed by atoms with Crippen LogP contribution in [0, 0.1) is 27.7 Å². The van der Waals surface area contributed by atoms with Crippen molar-refractivity contribution in [1.82, 2.24) is 4.98 Å². The molecule has 0 fully saturated rings. The molecule has 0 bridgehead atoms. The van der Waals surface area contributed by atoms with Crippen LogP contribution >= 0.6 is 0 Å². The SMILES string of the molecule is Cc1cc(C)c(C)c(-c2nc(CC(=O)O)co2)c1C. The molecule has 0 aliphatic rings. The first-order valence-corrected chi connectivity index (χ1v) is 6.14. The molecule has 19 heavy (non-hydrogen) atoms. The molecule has 2 aromatic rings. The van der Waals surface area contributed by atoms with Gasteiger partial charge in [-0.15, -0.1) is 0 Å². The Morgan fingerprint density at radius 3 is 2.32 bits per heavy atom. The minimum atomic E-state index is -0.909. The number of hydrogen-bond acceptors (Lipinski definition) is 3. The second kappa shape index (κ2) is 4.88. The van der Waals surface area contributed by atoms with Crippen molar-refractivity contribution in [3.05, 3.63) is 40.3 Å². The van der Waals surface area contributed by atoms with Crippen LogP contribution in [0.5, 0.6) is 0 Å². The van der Waals surface area contributed by atoms with Gasteiger partial charge in [0.1, 0.15) is 6.26 Å². The number of nitrogens with zero attached hydrogens (tertiary/aromatic N) is 1. The molecule has 0 saturated heterocycles. The lowest BCUT2D eigenvalue weighted by molar-refractivity contribution is -0.136. The molecule has 0 radical (unpaired) electrons. The van der Waals surface area contributed by atoms with Gasteiger partial charge >= 0.3 is 5.97 Å². The van der Waals surface area contributed by atoms with Gasteiger partial charge < -0.3 is 9.52 Å². The summed E-state index contributed by atoms with van der Waals surface area (Å²) in [6, 6.07) is 2.13. The Hall–Kier alpha value is -2.10. The van der Waals surface area contributed by atoms with Gasteiger partial charge in [-0.2, -0.15) is 0 Å². The lowest BCUT2D eigenvalue weighted by Gasteiger charge is -2.12. The maximum Gasteiger partial charge on any atom is 0.309 e. The monoisotopic (exact) mass is 259 g/mol. The molecule has 0 aliphatic carbocycles. The standard InChI is InChI=1S/C15H17NO3/c1-8-5-9(2)11(4)14(10(8)3)15-16-12(7-19-15)6-13(17)18/h5,7H,6H2,1-4H3,(H,17,18). The molecule has 1 aromatic carbocycles. The van der Waals surface area contributed by atoms with Gasteiger partial charge in [0.25, 0.3) is 0 Å². The number of carboxylic acids is 1. The minimum Gasteiger partial charge on any atom is -0.481 e. The van der Waals surface area contributed by atoms with Crippen molar-refractivity contribution < 1.29 is 14.3 Å². The summed E-state index contributed by atoms with van der Waals surface area (Å²) in [7, 11) is 0. The van der Waals surface area contributed by atoms with Crippen LogP contribution in [0.15, 0.2) is 16.7 Å². The van der Waals surface area contributed by atoms with Gasteiger partial charge in [-0.3, -0.25) is 4.79 Å². The zero-order chi connectivity index (χ0) is 14.2. The number of hydrogen-bond donors (Lipinski definition) is 1. The van der Waals surface area contributed by atoms with Crippen LogP contribution in [0.4, 0.5) is 0 Å². The number of aryl methyl sites for hydroxylation is 2. The first-order chi connectivity index (χ1) is 8.90. The molecule has 1 N–H and O–H groups in total. The third kappa shape index (κ3) is 2.52. The highest BCUT2D eigenvalue weighted by Gasteiger charge is 2.16. The van der Waals surface area contributed by atoms with Gasteiger partial charge in [0.2, 0.25) is 5.89 Å². The van der Waals surface area contributed by atoms with E-state index in [0.717, 1.165) is 16.7 Å². The average molecular weight is 259 g/mol. The number of carbonyl (C=O) groups is 1. The normalized spacial score (nSPS) is 10.7. The van der Waals surface area contributed by atoms with Crippen molar-refractivity contribution in [2.75, 3.05) is 0 Å². The van der Waals surface area contributed by atoms with E-state index in [0.29, 0.717) is 11.6 Å². The highest BCUT2D eigenvalue weighted by molar-refractivity contribution is 5.70. The van der Waals surface area contributed by atoms with Crippen LogP contribution in [-0.4, -0.2) is 16.1 Å². The molecular formula is C15H17NO3. The summed E-state index contributed by atoms with van der Waals surface area (Å²) < 4.78 is 5.45. The minimum absolute atomic E-state index is 0.119. The van der Waals surface area contributed by atoms with Crippen molar-refractivity contribution >= 4 is 5.97 Å². The molecule has 100 valence electrons. The summed E-state index contributed by atoms with van der Waals surface area (Å²) in [5.41, 5.74) is 6.00. The fourth-order valence-electron chi connectivity index (χ4n) is 2.20. The summed E-state index contributed by atoms with van der Waals surface area (Å²) in [5.74, 6) is -0.410. The number of aromatic nitrogens is 1. The lowest BCUT2D eigenvalue weighted by atomic mass is 9.94. The van der Waals surface area contributed by atoms with Crippen molar-refractivity contribution in [3.8, 4) is 11.5 Å². The first-order valence-electron chi connectivity index (χ1n) is 6.14. The van der Waals surface area contributed by atoms with Crippen molar-refractivity contribution in [3.63, 3.8) is 0 Å². The first kappa shape index (κ1) is 13.3. The van der Waals surface area contributed by atoms with Crippen LogP contribution in [0.3, 0.4) is 0 Å². The number of carboxylic acid groups (broad SMARTS) is 1. The topological polar surface area (TPSA) is 63.3 Å². The molecule has 1 heterocycles. The Balaban J connectivity index is 2.53. The number of benzene rings is 1. The molecule has 0 spiro atoms. The maximum atomic E-state index is 10.7. The third-order valence-corrected chi connectivity index (χ3v) is 3.46. The Bertz CT molecular complexity index is 615. The molecule has 0 amide bonds. The van der Waals surface area contributed by atoms with Crippen LogP contribution in [0.2, 0.25) is 0 Å². The van der Waals surface area contributed by atoms with E-state index in [1.165, 1.54) is 17.4 Å². The van der Waals surface area contributed by atoms with E-state index in [9.17, 15) is 4.79 Å². The van der Waals surface area contributed by atoms with Gasteiger partial charge in [-0.25, -0.2) is 4.98 Å². The highest BCUT2D eigenvalue weighted by Crippen LogP contribution is 2.30. The smallest absolute Gasteiger partial charge is 0.309 e. The molecule has 0 aliphatic heterocycles. The van der Waals surface area contributed by atoms with E-state index in [4.69, 9.17) is 9.52 Å². The van der Waals surface area contributed by atoms with Crippen LogP contribution in [0.25, 0.3) is 11.5 Å².